The molecule has 96 valence electrons. The van der Waals surface area contributed by atoms with E-state index in [9.17, 15) is 4.79 Å². The van der Waals surface area contributed by atoms with E-state index in [-0.39, 0.29) is 11.8 Å². The van der Waals surface area contributed by atoms with Gasteiger partial charge in [-0.1, -0.05) is 44.8 Å². The first-order valence-electron chi connectivity index (χ1n) is 6.67. The van der Waals surface area contributed by atoms with Crippen LogP contribution in [-0.4, -0.2) is 16.4 Å². The molecule has 3 N–H and O–H groups in total. The van der Waals surface area contributed by atoms with E-state index in [0.29, 0.717) is 10.9 Å². The maximum Gasteiger partial charge on any atom is 0.224 e. The van der Waals surface area contributed by atoms with Crippen molar-refractivity contribution < 1.29 is 4.79 Å². The quantitative estimate of drug-likeness (QED) is 0.599. The first kappa shape index (κ1) is 12.8. The summed E-state index contributed by atoms with van der Waals surface area (Å²) in [4.78, 5) is 12.6. The van der Waals surface area contributed by atoms with Crippen molar-refractivity contribution in [3.63, 3.8) is 0 Å². The molecule has 2 aliphatic rings. The molecule has 0 bridgehead atoms. The third-order valence-electron chi connectivity index (χ3n) is 4.24. The van der Waals surface area contributed by atoms with Gasteiger partial charge in [-0.05, 0) is 25.2 Å². The molecule has 0 heterocycles. The molecule has 0 aliphatic heterocycles. The van der Waals surface area contributed by atoms with Gasteiger partial charge in [-0.3, -0.25) is 4.79 Å². The van der Waals surface area contributed by atoms with Crippen LogP contribution in [0.25, 0.3) is 0 Å². The van der Waals surface area contributed by atoms with E-state index in [0.717, 1.165) is 32.1 Å². The number of nitrogens with one attached hydrogen (secondary N) is 1. The van der Waals surface area contributed by atoms with Crippen molar-refractivity contribution in [3.8, 4) is 0 Å². The molecule has 2 atom stereocenters. The van der Waals surface area contributed by atoms with Crippen LogP contribution in [0.5, 0.6) is 0 Å². The maximum absolute atomic E-state index is 12.1. The second-order valence-corrected chi connectivity index (χ2v) is 6.11. The molecule has 2 saturated carbocycles. The number of nitrogens with two attached hydrogens (primary N) is 1. The van der Waals surface area contributed by atoms with Crippen LogP contribution in [0.1, 0.15) is 51.9 Å². The fraction of sp³-hybridized carbons (Fsp3) is 0.846. The Hall–Kier alpha value is -0.640. The fourth-order valence-corrected chi connectivity index (χ4v) is 3.04. The Morgan fingerprint density at radius 1 is 1.29 bits per heavy atom. The van der Waals surface area contributed by atoms with Gasteiger partial charge in [0.2, 0.25) is 5.91 Å². The summed E-state index contributed by atoms with van der Waals surface area (Å²) >= 11 is 5.21. The van der Waals surface area contributed by atoms with Gasteiger partial charge in [0.1, 0.15) is 0 Å². The first-order valence-corrected chi connectivity index (χ1v) is 7.08. The zero-order valence-electron chi connectivity index (χ0n) is 10.5. The minimum atomic E-state index is -0.398. The Morgan fingerprint density at radius 3 is 2.24 bits per heavy atom. The van der Waals surface area contributed by atoms with Gasteiger partial charge in [-0.25, -0.2) is 0 Å². The van der Waals surface area contributed by atoms with E-state index in [4.69, 9.17) is 18.0 Å². The summed E-state index contributed by atoms with van der Waals surface area (Å²) in [6.07, 6.45) is 7.50. The van der Waals surface area contributed by atoms with E-state index in [1.807, 2.05) is 0 Å². The summed E-state index contributed by atoms with van der Waals surface area (Å²) in [6, 6.07) is 0. The van der Waals surface area contributed by atoms with Gasteiger partial charge in [-0.2, -0.15) is 0 Å². The number of thiocarbonyl (C=S) groups is 1. The standard InChI is InChI=1S/C13H22N2OS/c1-9-8-10(9)11(16)15-13(12(14)17)6-4-2-3-5-7-13/h9-10H,2-8H2,1H3,(H2,14,17)(H,15,16). The number of carbonyl (C=O) groups is 1. The predicted molar refractivity (Wildman–Crippen MR) is 72.6 cm³/mol. The van der Waals surface area contributed by atoms with Gasteiger partial charge in [0.05, 0.1) is 10.5 Å². The normalized spacial score (nSPS) is 31.4. The third kappa shape index (κ3) is 2.79. The van der Waals surface area contributed by atoms with Gasteiger partial charge in [0.15, 0.2) is 0 Å². The van der Waals surface area contributed by atoms with Crippen LogP contribution in [0.4, 0.5) is 0 Å². The molecule has 1 amide bonds. The molecule has 3 nitrogen and oxygen atoms in total. The summed E-state index contributed by atoms with van der Waals surface area (Å²) < 4.78 is 0. The van der Waals surface area contributed by atoms with Crippen molar-refractivity contribution >= 4 is 23.1 Å². The molecule has 0 radical (unpaired) electrons. The molecule has 0 spiro atoms. The summed E-state index contributed by atoms with van der Waals surface area (Å²) in [5.74, 6) is 0.890. The first-order chi connectivity index (χ1) is 8.05. The van der Waals surface area contributed by atoms with E-state index in [1.165, 1.54) is 12.8 Å². The SMILES string of the molecule is CC1CC1C(=O)NC1(C(N)=S)CCCCCC1. The number of hydrogen-bond donors (Lipinski definition) is 2. The maximum atomic E-state index is 12.1. The summed E-state index contributed by atoms with van der Waals surface area (Å²) in [6.45, 7) is 2.12. The molecule has 0 aromatic carbocycles. The lowest BCUT2D eigenvalue weighted by Gasteiger charge is -2.33. The van der Waals surface area contributed by atoms with Crippen LogP contribution in [0, 0.1) is 11.8 Å². The van der Waals surface area contributed by atoms with Crippen LogP contribution in [0.3, 0.4) is 0 Å². The Balaban J connectivity index is 2.05. The Morgan fingerprint density at radius 2 is 1.82 bits per heavy atom. The van der Waals surface area contributed by atoms with Gasteiger partial charge in [-0.15, -0.1) is 0 Å². The highest BCUT2D eigenvalue weighted by atomic mass is 32.1. The minimum Gasteiger partial charge on any atom is -0.391 e. The molecule has 0 aromatic heterocycles. The molecule has 2 rings (SSSR count). The molecule has 2 aliphatic carbocycles. The molecule has 2 unspecified atom stereocenters. The fourth-order valence-electron chi connectivity index (χ4n) is 2.78. The smallest absolute Gasteiger partial charge is 0.224 e. The van der Waals surface area contributed by atoms with Crippen LogP contribution >= 0.6 is 12.2 Å². The monoisotopic (exact) mass is 254 g/mol. The van der Waals surface area contributed by atoms with Crippen LogP contribution in [0.2, 0.25) is 0 Å². The number of carbonyl (C=O) groups excluding carboxylic acids is 1. The van der Waals surface area contributed by atoms with Gasteiger partial charge >= 0.3 is 0 Å². The zero-order chi connectivity index (χ0) is 12.5. The second-order valence-electron chi connectivity index (χ2n) is 5.67. The lowest BCUT2D eigenvalue weighted by Crippen LogP contribution is -2.56. The molecule has 4 heteroatoms. The van der Waals surface area contributed by atoms with Crippen molar-refractivity contribution in [2.24, 2.45) is 17.6 Å². The third-order valence-corrected chi connectivity index (χ3v) is 4.63. The summed E-state index contributed by atoms with van der Waals surface area (Å²) in [5, 5.41) is 3.16. The number of amides is 1. The van der Waals surface area contributed by atoms with Gasteiger partial charge in [0, 0.05) is 5.92 Å². The lowest BCUT2D eigenvalue weighted by atomic mass is 9.89. The van der Waals surface area contributed by atoms with Crippen LogP contribution < -0.4 is 11.1 Å². The molecule has 17 heavy (non-hydrogen) atoms. The lowest BCUT2D eigenvalue weighted by molar-refractivity contribution is -0.123. The van der Waals surface area contributed by atoms with E-state index in [1.54, 1.807) is 0 Å². The Labute approximate surface area is 109 Å². The summed E-state index contributed by atoms with van der Waals surface area (Å²) in [5.41, 5.74) is 5.49. The molecule has 0 saturated heterocycles. The zero-order valence-corrected chi connectivity index (χ0v) is 11.3. The molecular formula is C13H22N2OS. The van der Waals surface area contributed by atoms with Crippen LogP contribution in [-0.2, 0) is 4.79 Å². The number of rotatable bonds is 3. The molecule has 0 aromatic rings. The Bertz CT molecular complexity index is 321. The number of hydrogen-bond acceptors (Lipinski definition) is 2. The van der Waals surface area contributed by atoms with Crippen molar-refractivity contribution in [2.45, 2.75) is 57.4 Å². The average molecular weight is 254 g/mol. The second kappa shape index (κ2) is 4.92. The Kier molecular flexibility index (Phi) is 3.71. The molecular weight excluding hydrogens is 232 g/mol. The van der Waals surface area contributed by atoms with Crippen molar-refractivity contribution in [1.29, 1.82) is 0 Å². The summed E-state index contributed by atoms with van der Waals surface area (Å²) in [7, 11) is 0. The highest BCUT2D eigenvalue weighted by Crippen LogP contribution is 2.39. The van der Waals surface area contributed by atoms with Gasteiger partial charge in [0.25, 0.3) is 0 Å². The molecule has 2 fully saturated rings. The highest BCUT2D eigenvalue weighted by molar-refractivity contribution is 7.80. The van der Waals surface area contributed by atoms with E-state index < -0.39 is 5.54 Å². The predicted octanol–water partition coefficient (Wildman–Crippen LogP) is 2.14. The van der Waals surface area contributed by atoms with E-state index >= 15 is 0 Å². The van der Waals surface area contributed by atoms with Crippen molar-refractivity contribution in [3.05, 3.63) is 0 Å². The highest BCUT2D eigenvalue weighted by Gasteiger charge is 2.43. The van der Waals surface area contributed by atoms with Crippen molar-refractivity contribution in [1.82, 2.24) is 5.32 Å². The van der Waals surface area contributed by atoms with Crippen molar-refractivity contribution in [2.75, 3.05) is 0 Å². The van der Waals surface area contributed by atoms with E-state index in [2.05, 4.69) is 12.2 Å². The largest absolute Gasteiger partial charge is 0.391 e. The van der Waals surface area contributed by atoms with Crippen LogP contribution in [0.15, 0.2) is 0 Å². The minimum absolute atomic E-state index is 0.159. The van der Waals surface area contributed by atoms with Gasteiger partial charge < -0.3 is 11.1 Å². The topological polar surface area (TPSA) is 55.1 Å². The average Bonchev–Trinajstić information content (AvgIpc) is 3.02.